The van der Waals surface area contributed by atoms with Gasteiger partial charge in [-0.3, -0.25) is 9.78 Å². The average molecular weight is 436 g/mol. The molecule has 162 valence electrons. The molecule has 0 radical (unpaired) electrons. The van der Waals surface area contributed by atoms with Gasteiger partial charge in [-0.05, 0) is 49.3 Å². The molecule has 0 aromatic carbocycles. The summed E-state index contributed by atoms with van der Waals surface area (Å²) in [6.45, 7) is 7.50. The molecule has 31 heavy (non-hydrogen) atoms. The van der Waals surface area contributed by atoms with Crippen LogP contribution in [-0.2, 0) is 17.6 Å². The Kier molecular flexibility index (Phi) is 5.61. The first-order chi connectivity index (χ1) is 15.1. The van der Waals surface area contributed by atoms with Gasteiger partial charge in [0.25, 0.3) is 0 Å². The molecule has 5 rings (SSSR count). The van der Waals surface area contributed by atoms with Crippen LogP contribution in [-0.4, -0.2) is 51.9 Å². The van der Waals surface area contributed by atoms with Crippen LogP contribution in [0.25, 0.3) is 21.6 Å². The Morgan fingerprint density at radius 2 is 2.00 bits per heavy atom. The number of hydrogen-bond donors (Lipinski definition) is 0. The van der Waals surface area contributed by atoms with Crippen LogP contribution in [0.4, 0.5) is 5.82 Å². The minimum absolute atomic E-state index is 0.286. The number of piperazine rings is 1. The number of nitrogens with zero attached hydrogens (tertiary/aromatic N) is 5. The number of hydrogen-bond acceptors (Lipinski definition) is 6. The van der Waals surface area contributed by atoms with E-state index < -0.39 is 0 Å². The van der Waals surface area contributed by atoms with E-state index in [0.29, 0.717) is 12.3 Å². The van der Waals surface area contributed by atoms with Crippen LogP contribution in [0.1, 0.15) is 43.6 Å². The summed E-state index contributed by atoms with van der Waals surface area (Å²) in [6, 6.07) is 3.95. The molecule has 0 saturated carbocycles. The zero-order valence-corrected chi connectivity index (χ0v) is 19.1. The molecule has 0 N–H and O–H groups in total. The Labute approximate surface area is 187 Å². The lowest BCUT2D eigenvalue weighted by Gasteiger charge is -2.36. The molecule has 3 aromatic heterocycles. The van der Waals surface area contributed by atoms with Crippen LogP contribution in [0.3, 0.4) is 0 Å². The molecule has 0 unspecified atom stereocenters. The summed E-state index contributed by atoms with van der Waals surface area (Å²) in [5.41, 5.74) is 2.39. The predicted molar refractivity (Wildman–Crippen MR) is 126 cm³/mol. The highest BCUT2D eigenvalue weighted by Crippen LogP contribution is 2.41. The predicted octanol–water partition coefficient (Wildman–Crippen LogP) is 4.33. The van der Waals surface area contributed by atoms with Gasteiger partial charge in [0.05, 0.1) is 5.39 Å². The Balaban J connectivity index is 1.45. The van der Waals surface area contributed by atoms with Crippen LogP contribution in [0, 0.1) is 5.92 Å². The SMILES string of the molecule is CC(C)CCC(=O)N1CCN(c2nc(-c3cccnc3)nc3sc4c(c23)CCC4)CC1. The summed E-state index contributed by atoms with van der Waals surface area (Å²) in [5.74, 6) is 2.63. The van der Waals surface area contributed by atoms with E-state index in [1.165, 1.54) is 22.2 Å². The van der Waals surface area contributed by atoms with E-state index in [1.54, 1.807) is 6.20 Å². The second-order valence-corrected chi connectivity index (χ2v) is 10.0. The molecule has 2 aliphatic rings. The first kappa shape index (κ1) is 20.4. The molecule has 7 heteroatoms. The second kappa shape index (κ2) is 8.54. The van der Waals surface area contributed by atoms with Crippen molar-refractivity contribution in [2.45, 2.75) is 46.0 Å². The van der Waals surface area contributed by atoms with E-state index in [0.717, 1.165) is 67.5 Å². The molecule has 1 aliphatic carbocycles. The van der Waals surface area contributed by atoms with Crippen LogP contribution in [0.2, 0.25) is 0 Å². The normalized spacial score (nSPS) is 16.4. The number of carbonyl (C=O) groups excluding carboxylic acids is 1. The summed E-state index contributed by atoms with van der Waals surface area (Å²) in [6.07, 6.45) is 8.70. The molecule has 4 heterocycles. The molecule has 3 aromatic rings. The second-order valence-electron chi connectivity index (χ2n) is 8.95. The first-order valence-electron chi connectivity index (χ1n) is 11.4. The zero-order valence-electron chi connectivity index (χ0n) is 18.3. The fraction of sp³-hybridized carbons (Fsp3) is 0.500. The molecule has 1 saturated heterocycles. The molecule has 0 spiro atoms. The van der Waals surface area contributed by atoms with Crippen molar-refractivity contribution in [3.8, 4) is 11.4 Å². The van der Waals surface area contributed by atoms with Crippen molar-refractivity contribution in [2.75, 3.05) is 31.1 Å². The maximum Gasteiger partial charge on any atom is 0.222 e. The quantitative estimate of drug-likeness (QED) is 0.597. The number of fused-ring (bicyclic) bond motifs is 3. The monoisotopic (exact) mass is 435 g/mol. The molecule has 0 bridgehead atoms. The van der Waals surface area contributed by atoms with Crippen molar-refractivity contribution in [1.82, 2.24) is 19.9 Å². The number of aryl methyl sites for hydroxylation is 2. The standard InChI is InChI=1S/C24H29N5OS/c1-16(2)8-9-20(30)28-11-13-29(14-12-28)23-21-18-6-3-7-19(18)31-24(21)27-22(26-23)17-5-4-10-25-15-17/h4-5,10,15-16H,3,6-9,11-14H2,1-2H3. The largest absolute Gasteiger partial charge is 0.352 e. The lowest BCUT2D eigenvalue weighted by atomic mass is 10.1. The molecule has 0 atom stereocenters. The first-order valence-corrected chi connectivity index (χ1v) is 12.2. The highest BCUT2D eigenvalue weighted by molar-refractivity contribution is 7.19. The van der Waals surface area contributed by atoms with E-state index in [-0.39, 0.29) is 5.91 Å². The number of aromatic nitrogens is 3. The third-order valence-corrected chi connectivity index (χ3v) is 7.52. The number of rotatable bonds is 5. The van der Waals surface area contributed by atoms with Crippen molar-refractivity contribution in [2.24, 2.45) is 5.92 Å². The number of pyridine rings is 1. The van der Waals surface area contributed by atoms with Gasteiger partial charge in [-0.25, -0.2) is 9.97 Å². The minimum atomic E-state index is 0.286. The third kappa shape index (κ3) is 4.03. The Morgan fingerprint density at radius 1 is 1.16 bits per heavy atom. The molecule has 1 fully saturated rings. The topological polar surface area (TPSA) is 62.2 Å². The summed E-state index contributed by atoms with van der Waals surface area (Å²) < 4.78 is 0. The maximum absolute atomic E-state index is 12.6. The van der Waals surface area contributed by atoms with Crippen molar-refractivity contribution in [3.63, 3.8) is 0 Å². The van der Waals surface area contributed by atoms with Gasteiger partial charge in [-0.1, -0.05) is 13.8 Å². The van der Waals surface area contributed by atoms with Gasteiger partial charge in [0.2, 0.25) is 5.91 Å². The van der Waals surface area contributed by atoms with Crippen LogP contribution in [0.5, 0.6) is 0 Å². The molecule has 1 aliphatic heterocycles. The Hall–Kier alpha value is -2.54. The van der Waals surface area contributed by atoms with Gasteiger partial charge in [0.15, 0.2) is 5.82 Å². The minimum Gasteiger partial charge on any atom is -0.352 e. The lowest BCUT2D eigenvalue weighted by molar-refractivity contribution is -0.131. The van der Waals surface area contributed by atoms with Gasteiger partial charge in [0, 0.05) is 55.4 Å². The van der Waals surface area contributed by atoms with Gasteiger partial charge < -0.3 is 9.80 Å². The molecular formula is C24H29N5OS. The summed E-state index contributed by atoms with van der Waals surface area (Å²) >= 11 is 1.83. The van der Waals surface area contributed by atoms with Gasteiger partial charge in [0.1, 0.15) is 10.6 Å². The molecule has 1 amide bonds. The summed E-state index contributed by atoms with van der Waals surface area (Å²) in [7, 11) is 0. The number of amides is 1. The molecular weight excluding hydrogens is 406 g/mol. The van der Waals surface area contributed by atoms with Crippen molar-refractivity contribution in [3.05, 3.63) is 35.0 Å². The van der Waals surface area contributed by atoms with Gasteiger partial charge >= 0.3 is 0 Å². The van der Waals surface area contributed by atoms with Crippen LogP contribution < -0.4 is 4.90 Å². The van der Waals surface area contributed by atoms with E-state index in [9.17, 15) is 4.79 Å². The van der Waals surface area contributed by atoms with Crippen molar-refractivity contribution < 1.29 is 4.79 Å². The third-order valence-electron chi connectivity index (χ3n) is 6.33. The fourth-order valence-electron chi connectivity index (χ4n) is 4.57. The summed E-state index contributed by atoms with van der Waals surface area (Å²) in [4.78, 5) is 33.8. The van der Waals surface area contributed by atoms with Gasteiger partial charge in [-0.2, -0.15) is 0 Å². The van der Waals surface area contributed by atoms with E-state index in [2.05, 4.69) is 23.7 Å². The average Bonchev–Trinajstić information content (AvgIpc) is 3.38. The smallest absolute Gasteiger partial charge is 0.222 e. The lowest BCUT2D eigenvalue weighted by Crippen LogP contribution is -2.49. The number of anilines is 1. The van der Waals surface area contributed by atoms with E-state index in [1.807, 2.05) is 34.6 Å². The summed E-state index contributed by atoms with van der Waals surface area (Å²) in [5, 5.41) is 1.24. The van der Waals surface area contributed by atoms with Gasteiger partial charge in [-0.15, -0.1) is 11.3 Å². The van der Waals surface area contributed by atoms with Crippen LogP contribution >= 0.6 is 11.3 Å². The van der Waals surface area contributed by atoms with E-state index in [4.69, 9.17) is 9.97 Å². The number of carbonyl (C=O) groups is 1. The van der Waals surface area contributed by atoms with Crippen LogP contribution in [0.15, 0.2) is 24.5 Å². The van der Waals surface area contributed by atoms with Crippen molar-refractivity contribution in [1.29, 1.82) is 0 Å². The highest BCUT2D eigenvalue weighted by Gasteiger charge is 2.28. The molecule has 6 nitrogen and oxygen atoms in total. The fourth-order valence-corrected chi connectivity index (χ4v) is 5.82. The Bertz CT molecular complexity index is 1090. The highest BCUT2D eigenvalue weighted by atomic mass is 32.1. The Morgan fingerprint density at radius 3 is 2.74 bits per heavy atom. The van der Waals surface area contributed by atoms with Crippen molar-refractivity contribution >= 4 is 33.3 Å². The van der Waals surface area contributed by atoms with E-state index >= 15 is 0 Å². The number of thiophene rings is 1. The zero-order chi connectivity index (χ0) is 21.4. The maximum atomic E-state index is 12.6.